The highest BCUT2D eigenvalue weighted by atomic mass is 35.7. The molecule has 2 aliphatic rings. The van der Waals surface area contributed by atoms with Crippen molar-refractivity contribution in [2.75, 3.05) is 33.5 Å². The van der Waals surface area contributed by atoms with Gasteiger partial charge >= 0.3 is 0 Å². The molecule has 2 heterocycles. The molecular formula is C22H27Cl3F2N2O8S4. The molecule has 2 aromatic carbocycles. The van der Waals surface area contributed by atoms with Crippen LogP contribution in [0.1, 0.15) is 25.7 Å². The lowest BCUT2D eigenvalue weighted by Gasteiger charge is -2.22. The number of rotatable bonds is 4. The molecule has 0 saturated carbocycles. The molecule has 2 saturated heterocycles. The standard InChI is InChI=1S/C11H13ClFNO4S2.C6H5ClFN.C5H9ClO4S2/c12-10-7-8(1-2-11(10)13)14-20(17,18)9-3-5-19(15,16)6-4-9;7-5-3-4(9)1-2-6(5)8;6-12(9,10)5-1-3-11(7,8)4-2-5/h1-2,7,9,14H,3-6H2;1-3H,9H2;5H,1-4H2. The van der Waals surface area contributed by atoms with Crippen LogP contribution >= 0.6 is 33.9 Å². The maximum atomic E-state index is 13.0. The Hall–Kier alpha value is -1.43. The van der Waals surface area contributed by atoms with E-state index in [-0.39, 0.29) is 64.4 Å². The lowest BCUT2D eigenvalue weighted by Crippen LogP contribution is -2.36. The molecule has 0 spiro atoms. The summed E-state index contributed by atoms with van der Waals surface area (Å²) in [4.78, 5) is 0. The first-order valence-electron chi connectivity index (χ1n) is 11.7. The van der Waals surface area contributed by atoms with Gasteiger partial charge < -0.3 is 5.73 Å². The monoisotopic (exact) mass is 718 g/mol. The summed E-state index contributed by atoms with van der Waals surface area (Å²) in [5.74, 6) is -1.48. The summed E-state index contributed by atoms with van der Waals surface area (Å²) in [6.45, 7) is 0. The van der Waals surface area contributed by atoms with Crippen molar-refractivity contribution in [3.05, 3.63) is 58.1 Å². The van der Waals surface area contributed by atoms with E-state index in [0.717, 1.165) is 6.07 Å². The quantitative estimate of drug-likeness (QED) is 0.350. The molecule has 2 fully saturated rings. The molecule has 0 radical (unpaired) electrons. The fourth-order valence-electron chi connectivity index (χ4n) is 3.65. The average molecular weight is 720 g/mol. The van der Waals surface area contributed by atoms with Gasteiger partial charge in [0.15, 0.2) is 0 Å². The summed E-state index contributed by atoms with van der Waals surface area (Å²) >= 11 is 10.9. The van der Waals surface area contributed by atoms with Crippen molar-refractivity contribution >= 4 is 84.0 Å². The Morgan fingerprint density at radius 2 is 1.15 bits per heavy atom. The van der Waals surface area contributed by atoms with Crippen molar-refractivity contribution in [2.45, 2.75) is 36.2 Å². The Balaban J connectivity index is 0.000000237. The zero-order chi connectivity index (χ0) is 31.2. The summed E-state index contributed by atoms with van der Waals surface area (Å²) in [7, 11) is -8.32. The number of nitrogens with two attached hydrogens (primary N) is 1. The van der Waals surface area contributed by atoms with Gasteiger partial charge in [0.1, 0.15) is 31.3 Å². The largest absolute Gasteiger partial charge is 0.399 e. The predicted molar refractivity (Wildman–Crippen MR) is 158 cm³/mol. The van der Waals surface area contributed by atoms with Crippen molar-refractivity contribution in [3.63, 3.8) is 0 Å². The maximum absolute atomic E-state index is 13.0. The number of nitrogens with one attached hydrogen (secondary N) is 1. The van der Waals surface area contributed by atoms with E-state index >= 15 is 0 Å². The van der Waals surface area contributed by atoms with Gasteiger partial charge in [-0.3, -0.25) is 4.72 Å². The van der Waals surface area contributed by atoms with Crippen LogP contribution in [0.15, 0.2) is 36.4 Å². The average Bonchev–Trinajstić information content (AvgIpc) is 2.83. The normalized spacial score (nSPS) is 19.1. The minimum Gasteiger partial charge on any atom is -0.399 e. The van der Waals surface area contributed by atoms with Crippen molar-refractivity contribution in [3.8, 4) is 0 Å². The van der Waals surface area contributed by atoms with E-state index in [1.807, 2.05) is 0 Å². The Morgan fingerprint density at radius 3 is 1.54 bits per heavy atom. The van der Waals surface area contributed by atoms with Crippen molar-refractivity contribution in [1.82, 2.24) is 0 Å². The fourth-order valence-corrected chi connectivity index (χ4v) is 10.4. The van der Waals surface area contributed by atoms with Crippen molar-refractivity contribution < 1.29 is 42.5 Å². The first-order chi connectivity index (χ1) is 18.7. The van der Waals surface area contributed by atoms with E-state index in [0.29, 0.717) is 5.69 Å². The second kappa shape index (κ2) is 14.4. The van der Waals surface area contributed by atoms with Gasteiger partial charge in [-0.15, -0.1) is 0 Å². The van der Waals surface area contributed by atoms with E-state index in [2.05, 4.69) is 4.72 Å². The van der Waals surface area contributed by atoms with Gasteiger partial charge in [0.05, 0.1) is 49.2 Å². The van der Waals surface area contributed by atoms with Crippen LogP contribution in [-0.2, 0) is 38.7 Å². The molecule has 3 N–H and O–H groups in total. The zero-order valence-corrected chi connectivity index (χ0v) is 26.7. The molecule has 232 valence electrons. The van der Waals surface area contributed by atoms with Crippen LogP contribution in [0.3, 0.4) is 0 Å². The summed E-state index contributed by atoms with van der Waals surface area (Å²) in [5, 5.41) is -1.57. The number of benzene rings is 2. The SMILES string of the molecule is Nc1ccc(F)c(Cl)c1.O=S1(=O)CCC(S(=O)(=O)Cl)CC1.O=S1(=O)CCC(S(=O)(=O)Nc2ccc(F)c(Cl)c2)CC1. The predicted octanol–water partition coefficient (Wildman–Crippen LogP) is 3.99. The molecule has 4 rings (SSSR count). The minimum atomic E-state index is -3.71. The number of halogens is 5. The number of sulfone groups is 2. The molecule has 0 aromatic heterocycles. The topological polar surface area (TPSA) is 175 Å². The summed E-state index contributed by atoms with van der Waals surface area (Å²) in [6.07, 6.45) is 0.390. The van der Waals surface area contributed by atoms with E-state index in [9.17, 15) is 42.5 Å². The van der Waals surface area contributed by atoms with Gasteiger partial charge in [-0.2, -0.15) is 0 Å². The Labute approximate surface area is 252 Å². The third-order valence-electron chi connectivity index (χ3n) is 5.96. The van der Waals surface area contributed by atoms with Crippen molar-refractivity contribution in [2.24, 2.45) is 0 Å². The molecular weight excluding hydrogens is 693 g/mol. The number of hydrogen-bond donors (Lipinski definition) is 2. The first kappa shape index (κ1) is 35.8. The van der Waals surface area contributed by atoms with Gasteiger partial charge in [0.25, 0.3) is 0 Å². The van der Waals surface area contributed by atoms with Crippen LogP contribution in [-0.4, -0.2) is 67.2 Å². The number of nitrogen functional groups attached to an aromatic ring is 1. The number of hydrogen-bond acceptors (Lipinski definition) is 9. The summed E-state index contributed by atoms with van der Waals surface area (Å²) in [6, 6.07) is 7.56. The van der Waals surface area contributed by atoms with Gasteiger partial charge in [0.2, 0.25) is 19.1 Å². The molecule has 0 bridgehead atoms. The third kappa shape index (κ3) is 12.0. The smallest absolute Gasteiger partial charge is 0.235 e. The van der Waals surface area contributed by atoms with E-state index < -0.39 is 60.9 Å². The third-order valence-corrected chi connectivity index (χ3v) is 13.9. The second-order valence-corrected chi connectivity index (χ2v) is 19.4. The Bertz CT molecular complexity index is 1650. The molecule has 0 atom stereocenters. The molecule has 0 aliphatic carbocycles. The van der Waals surface area contributed by atoms with Crippen LogP contribution in [0.4, 0.5) is 20.2 Å². The van der Waals surface area contributed by atoms with Gasteiger partial charge in [-0.05, 0) is 62.1 Å². The van der Waals surface area contributed by atoms with Crippen molar-refractivity contribution in [1.29, 1.82) is 0 Å². The highest BCUT2D eigenvalue weighted by Gasteiger charge is 2.33. The second-order valence-electron chi connectivity index (χ2n) is 9.13. The molecule has 41 heavy (non-hydrogen) atoms. The molecule has 0 amide bonds. The highest BCUT2D eigenvalue weighted by Crippen LogP contribution is 2.25. The Kier molecular flexibility index (Phi) is 12.5. The number of sulfonamides is 1. The number of anilines is 2. The van der Waals surface area contributed by atoms with E-state index in [1.54, 1.807) is 0 Å². The fraction of sp³-hybridized carbons (Fsp3) is 0.455. The summed E-state index contributed by atoms with van der Waals surface area (Å²) < 4.78 is 118. The zero-order valence-electron chi connectivity index (χ0n) is 21.1. The Morgan fingerprint density at radius 1 is 0.732 bits per heavy atom. The molecule has 19 heteroatoms. The van der Waals surface area contributed by atoms with Crippen LogP contribution in [0.2, 0.25) is 10.0 Å². The van der Waals surface area contributed by atoms with Gasteiger partial charge in [0, 0.05) is 16.4 Å². The van der Waals surface area contributed by atoms with E-state index in [1.165, 1.54) is 30.3 Å². The lowest BCUT2D eigenvalue weighted by molar-refractivity contribution is 0.554. The molecule has 2 aliphatic heterocycles. The molecule has 10 nitrogen and oxygen atoms in total. The highest BCUT2D eigenvalue weighted by molar-refractivity contribution is 8.14. The molecule has 2 aromatic rings. The minimum absolute atomic E-state index is 0.0621. The maximum Gasteiger partial charge on any atom is 0.235 e. The van der Waals surface area contributed by atoms with E-state index in [4.69, 9.17) is 39.6 Å². The van der Waals surface area contributed by atoms with Crippen LogP contribution < -0.4 is 10.5 Å². The van der Waals surface area contributed by atoms with Crippen LogP contribution in [0, 0.1) is 11.6 Å². The van der Waals surface area contributed by atoms with Crippen LogP contribution in [0.5, 0.6) is 0 Å². The first-order valence-corrected chi connectivity index (χ1v) is 20.0. The van der Waals surface area contributed by atoms with Crippen LogP contribution in [0.25, 0.3) is 0 Å². The van der Waals surface area contributed by atoms with Gasteiger partial charge in [-0.25, -0.2) is 42.5 Å². The lowest BCUT2D eigenvalue weighted by atomic mass is 10.2. The molecule has 0 unspecified atom stereocenters. The summed E-state index contributed by atoms with van der Waals surface area (Å²) in [5.41, 5.74) is 5.91. The van der Waals surface area contributed by atoms with Gasteiger partial charge in [-0.1, -0.05) is 23.2 Å².